The highest BCUT2D eigenvalue weighted by Crippen LogP contribution is 2.28. The number of carboxylic acids is 1. The maximum atomic E-state index is 12.2. The van der Waals surface area contributed by atoms with Gasteiger partial charge in [-0.2, -0.15) is 0 Å². The minimum absolute atomic E-state index is 0.0677. The van der Waals surface area contributed by atoms with Crippen molar-refractivity contribution in [2.45, 2.75) is 37.9 Å². The van der Waals surface area contributed by atoms with E-state index in [2.05, 4.69) is 5.32 Å². The maximum Gasteiger partial charge on any atom is 0.326 e. The van der Waals surface area contributed by atoms with Crippen molar-refractivity contribution in [2.24, 2.45) is 5.73 Å². The van der Waals surface area contributed by atoms with E-state index in [1.807, 2.05) is 0 Å². The Hall–Kier alpha value is -2.51. The number of hydrogen-bond donors (Lipinski definition) is 3. The van der Waals surface area contributed by atoms with Gasteiger partial charge in [0.15, 0.2) is 0 Å². The van der Waals surface area contributed by atoms with Gasteiger partial charge in [-0.1, -0.05) is 0 Å². The highest BCUT2D eigenvalue weighted by Gasteiger charge is 2.35. The van der Waals surface area contributed by atoms with Crippen LogP contribution in [0, 0.1) is 0 Å². The summed E-state index contributed by atoms with van der Waals surface area (Å²) in [5.41, 5.74) is 4.98. The second-order valence-corrected chi connectivity index (χ2v) is 4.95. The van der Waals surface area contributed by atoms with Gasteiger partial charge in [0.2, 0.25) is 5.91 Å². The highest BCUT2D eigenvalue weighted by atomic mass is 16.4. The van der Waals surface area contributed by atoms with Crippen molar-refractivity contribution in [1.29, 1.82) is 0 Å². The van der Waals surface area contributed by atoms with Crippen LogP contribution in [0.2, 0.25) is 0 Å². The first kappa shape index (κ1) is 14.9. The number of aliphatic carboxylic acids is 1. The van der Waals surface area contributed by atoms with Crippen molar-refractivity contribution < 1.29 is 23.9 Å². The summed E-state index contributed by atoms with van der Waals surface area (Å²) in [4.78, 5) is 35.6. The molecular formula is C13H17N3O5. The zero-order chi connectivity index (χ0) is 15.4. The predicted octanol–water partition coefficient (Wildman–Crippen LogP) is 0.282. The Bertz CT molecular complexity index is 524. The summed E-state index contributed by atoms with van der Waals surface area (Å²) in [6.45, 7) is 0.256. The van der Waals surface area contributed by atoms with E-state index in [0.717, 1.165) is 12.8 Å². The molecule has 1 fully saturated rings. The summed E-state index contributed by atoms with van der Waals surface area (Å²) in [6, 6.07) is 1.65. The van der Waals surface area contributed by atoms with Crippen LogP contribution in [0.1, 0.15) is 25.0 Å². The first-order valence-electron chi connectivity index (χ1n) is 6.58. The molecular weight excluding hydrogens is 278 g/mol. The van der Waals surface area contributed by atoms with Crippen LogP contribution in [-0.4, -0.2) is 40.0 Å². The SMILES string of the molecule is NC(=O)C[C@@H](NC(=O)N(Cc1ccco1)C1CC1)C(=O)O. The third-order valence-electron chi connectivity index (χ3n) is 3.16. The van der Waals surface area contributed by atoms with Crippen molar-refractivity contribution in [3.05, 3.63) is 24.2 Å². The lowest BCUT2D eigenvalue weighted by Gasteiger charge is -2.24. The van der Waals surface area contributed by atoms with Crippen LogP contribution in [0.15, 0.2) is 22.8 Å². The number of nitrogens with one attached hydrogen (secondary N) is 1. The molecule has 21 heavy (non-hydrogen) atoms. The summed E-state index contributed by atoms with van der Waals surface area (Å²) in [6.07, 6.45) is 2.79. The molecule has 2 rings (SSSR count). The fourth-order valence-electron chi connectivity index (χ4n) is 1.96. The van der Waals surface area contributed by atoms with Gasteiger partial charge in [0, 0.05) is 6.04 Å². The Morgan fingerprint density at radius 1 is 1.48 bits per heavy atom. The van der Waals surface area contributed by atoms with Crippen LogP contribution < -0.4 is 11.1 Å². The number of rotatable bonds is 7. The second kappa shape index (κ2) is 6.29. The van der Waals surface area contributed by atoms with Crippen molar-refractivity contribution in [2.75, 3.05) is 0 Å². The van der Waals surface area contributed by atoms with Crippen molar-refractivity contribution in [3.63, 3.8) is 0 Å². The molecule has 114 valence electrons. The van der Waals surface area contributed by atoms with E-state index in [1.165, 1.54) is 11.2 Å². The lowest BCUT2D eigenvalue weighted by Crippen LogP contribution is -2.49. The molecule has 0 bridgehead atoms. The number of carboxylic acid groups (broad SMARTS) is 1. The quantitative estimate of drug-likeness (QED) is 0.666. The zero-order valence-electron chi connectivity index (χ0n) is 11.3. The van der Waals surface area contributed by atoms with Crippen LogP contribution in [0.4, 0.5) is 4.79 Å². The molecule has 0 aliphatic heterocycles. The van der Waals surface area contributed by atoms with Crippen LogP contribution in [0.3, 0.4) is 0 Å². The van der Waals surface area contributed by atoms with Crippen LogP contribution in [0.25, 0.3) is 0 Å². The third kappa shape index (κ3) is 4.23. The van der Waals surface area contributed by atoms with Crippen LogP contribution >= 0.6 is 0 Å². The molecule has 3 amide bonds. The number of hydrogen-bond acceptors (Lipinski definition) is 4. The summed E-state index contributed by atoms with van der Waals surface area (Å²) in [7, 11) is 0. The number of nitrogens with zero attached hydrogens (tertiary/aromatic N) is 1. The molecule has 1 aromatic heterocycles. The Kier molecular flexibility index (Phi) is 4.46. The van der Waals surface area contributed by atoms with Gasteiger partial charge >= 0.3 is 12.0 Å². The monoisotopic (exact) mass is 295 g/mol. The lowest BCUT2D eigenvalue weighted by atomic mass is 10.2. The molecule has 0 spiro atoms. The van der Waals surface area contributed by atoms with Gasteiger partial charge in [-0.25, -0.2) is 9.59 Å². The molecule has 1 aliphatic carbocycles. The molecule has 1 aliphatic rings. The van der Waals surface area contributed by atoms with E-state index in [1.54, 1.807) is 12.1 Å². The van der Waals surface area contributed by atoms with Crippen LogP contribution in [0.5, 0.6) is 0 Å². The molecule has 0 radical (unpaired) electrons. The number of primary amides is 1. The minimum Gasteiger partial charge on any atom is -0.480 e. The molecule has 0 unspecified atom stereocenters. The topological polar surface area (TPSA) is 126 Å². The highest BCUT2D eigenvalue weighted by molar-refractivity contribution is 5.87. The summed E-state index contributed by atoms with van der Waals surface area (Å²) in [5.74, 6) is -1.47. The second-order valence-electron chi connectivity index (χ2n) is 4.95. The summed E-state index contributed by atoms with van der Waals surface area (Å²) >= 11 is 0. The molecule has 4 N–H and O–H groups in total. The normalized spacial score (nSPS) is 15.2. The van der Waals surface area contributed by atoms with E-state index >= 15 is 0 Å². The van der Waals surface area contributed by atoms with Gasteiger partial charge in [-0.3, -0.25) is 4.79 Å². The molecule has 1 aromatic rings. The Balaban J connectivity index is 2.00. The average Bonchev–Trinajstić information content (AvgIpc) is 3.11. The number of furan rings is 1. The van der Waals surface area contributed by atoms with Gasteiger partial charge < -0.3 is 25.5 Å². The van der Waals surface area contributed by atoms with Gasteiger partial charge in [-0.15, -0.1) is 0 Å². The van der Waals surface area contributed by atoms with Crippen molar-refractivity contribution in [3.8, 4) is 0 Å². The van der Waals surface area contributed by atoms with E-state index in [9.17, 15) is 14.4 Å². The van der Waals surface area contributed by atoms with Gasteiger partial charge in [0.25, 0.3) is 0 Å². The van der Waals surface area contributed by atoms with E-state index in [0.29, 0.717) is 5.76 Å². The number of amides is 3. The van der Waals surface area contributed by atoms with E-state index in [4.69, 9.17) is 15.3 Å². The minimum atomic E-state index is -1.33. The first-order valence-corrected chi connectivity index (χ1v) is 6.58. The Morgan fingerprint density at radius 2 is 2.19 bits per heavy atom. The summed E-state index contributed by atoms with van der Waals surface area (Å²) < 4.78 is 5.20. The number of urea groups is 1. The predicted molar refractivity (Wildman–Crippen MR) is 71.0 cm³/mol. The lowest BCUT2D eigenvalue weighted by molar-refractivity contribution is -0.141. The van der Waals surface area contributed by atoms with Gasteiger partial charge in [0.05, 0.1) is 19.2 Å². The molecule has 1 saturated carbocycles. The Morgan fingerprint density at radius 3 is 2.67 bits per heavy atom. The van der Waals surface area contributed by atoms with Crippen LogP contribution in [-0.2, 0) is 16.1 Å². The Labute approximate surface area is 120 Å². The third-order valence-corrected chi connectivity index (χ3v) is 3.16. The van der Waals surface area contributed by atoms with Crippen molar-refractivity contribution >= 4 is 17.9 Å². The van der Waals surface area contributed by atoms with Crippen molar-refractivity contribution in [1.82, 2.24) is 10.2 Å². The summed E-state index contributed by atoms with van der Waals surface area (Å²) in [5, 5.41) is 11.3. The molecule has 0 saturated heterocycles. The number of carbonyl (C=O) groups is 3. The fraction of sp³-hybridized carbons (Fsp3) is 0.462. The van der Waals surface area contributed by atoms with Gasteiger partial charge in [0.1, 0.15) is 11.8 Å². The standard InChI is InChI=1S/C13H17N3O5/c14-11(17)6-10(12(18)19)15-13(20)16(8-3-4-8)7-9-2-1-5-21-9/h1-2,5,8,10H,3-4,6-7H2,(H2,14,17)(H,15,20)(H,18,19)/t10-/m1/s1. The maximum absolute atomic E-state index is 12.2. The number of carbonyl (C=O) groups excluding carboxylic acids is 2. The smallest absolute Gasteiger partial charge is 0.326 e. The largest absolute Gasteiger partial charge is 0.480 e. The molecule has 8 nitrogen and oxygen atoms in total. The van der Waals surface area contributed by atoms with E-state index in [-0.39, 0.29) is 12.6 Å². The molecule has 8 heteroatoms. The molecule has 1 atom stereocenters. The fourth-order valence-corrected chi connectivity index (χ4v) is 1.96. The zero-order valence-corrected chi connectivity index (χ0v) is 11.3. The van der Waals surface area contributed by atoms with E-state index < -0.39 is 30.4 Å². The molecule has 0 aromatic carbocycles. The van der Waals surface area contributed by atoms with Gasteiger partial charge in [-0.05, 0) is 25.0 Å². The first-order chi connectivity index (χ1) is 9.97. The average molecular weight is 295 g/mol. The molecule has 1 heterocycles. The number of nitrogens with two attached hydrogens (primary N) is 1.